The number of rotatable bonds is 6. The van der Waals surface area contributed by atoms with Crippen molar-refractivity contribution >= 4 is 51.7 Å². The van der Waals surface area contributed by atoms with E-state index in [0.29, 0.717) is 33.6 Å². The molecule has 0 spiro atoms. The van der Waals surface area contributed by atoms with Crippen molar-refractivity contribution in [2.75, 3.05) is 36.1 Å². The maximum atomic E-state index is 13.9. The second-order valence-corrected chi connectivity index (χ2v) is 10.6. The van der Waals surface area contributed by atoms with Crippen LogP contribution in [-0.2, 0) is 11.2 Å². The molecule has 2 aliphatic heterocycles. The van der Waals surface area contributed by atoms with E-state index >= 15 is 0 Å². The quantitative estimate of drug-likeness (QED) is 0.384. The van der Waals surface area contributed by atoms with Crippen molar-refractivity contribution in [3.8, 4) is 6.07 Å². The number of benzene rings is 3. The number of anilines is 2. The number of aliphatic imine (C=N–C) groups is 1. The molecule has 1 N–H and O–H groups in total. The van der Waals surface area contributed by atoms with Crippen LogP contribution in [-0.4, -0.2) is 41.9 Å². The maximum Gasteiger partial charge on any atom is 0.268 e. The number of nitriles is 1. The number of amides is 1. The molecule has 1 fully saturated rings. The van der Waals surface area contributed by atoms with Gasteiger partial charge in [-0.2, -0.15) is 5.26 Å². The first-order chi connectivity index (χ1) is 18.1. The fraction of sp³-hybridized carbons (Fsp3) is 0.207. The van der Waals surface area contributed by atoms with Crippen LogP contribution in [0.15, 0.2) is 93.3 Å². The standard InChI is InChI=1S/C29H27N5OS2/c1-3-31-22-14-13-21(18-30)17-23(22)32-29-34(16-15-20-9-5-4-6-10-20)28(35)27(37-29)25-19-36-26-12-8-7-11-24(26)33(25)2/h4-14,17,31H,3,15-16,19H2,1-2H3/b27-25+,32-29?. The zero-order chi connectivity index (χ0) is 25.8. The van der Waals surface area contributed by atoms with Gasteiger partial charge < -0.3 is 10.2 Å². The minimum atomic E-state index is -0.0250. The monoisotopic (exact) mass is 525 g/mol. The lowest BCUT2D eigenvalue weighted by atomic mass is 10.1. The molecule has 0 unspecified atom stereocenters. The number of amidine groups is 1. The second-order valence-electron chi connectivity index (χ2n) is 8.65. The van der Waals surface area contributed by atoms with Gasteiger partial charge in [-0.25, -0.2) is 4.99 Å². The second kappa shape index (κ2) is 11.2. The number of carbonyl (C=O) groups is 1. The summed E-state index contributed by atoms with van der Waals surface area (Å²) in [6, 6.07) is 26.1. The van der Waals surface area contributed by atoms with Crippen LogP contribution < -0.4 is 10.2 Å². The van der Waals surface area contributed by atoms with E-state index in [9.17, 15) is 10.1 Å². The van der Waals surface area contributed by atoms with Gasteiger partial charge >= 0.3 is 0 Å². The molecule has 2 heterocycles. The van der Waals surface area contributed by atoms with Gasteiger partial charge in [0, 0.05) is 36.5 Å². The van der Waals surface area contributed by atoms with E-state index in [4.69, 9.17) is 4.99 Å². The van der Waals surface area contributed by atoms with Crippen molar-refractivity contribution < 1.29 is 4.79 Å². The lowest BCUT2D eigenvalue weighted by Crippen LogP contribution is -2.32. The fourth-order valence-electron chi connectivity index (χ4n) is 4.35. The summed E-state index contributed by atoms with van der Waals surface area (Å²) in [6.07, 6.45) is 0.723. The van der Waals surface area contributed by atoms with E-state index < -0.39 is 0 Å². The number of nitrogens with zero attached hydrogens (tertiary/aromatic N) is 4. The van der Waals surface area contributed by atoms with Gasteiger partial charge in [-0.1, -0.05) is 42.5 Å². The van der Waals surface area contributed by atoms with Crippen molar-refractivity contribution in [1.29, 1.82) is 5.26 Å². The van der Waals surface area contributed by atoms with Gasteiger partial charge in [0.05, 0.1) is 28.7 Å². The fourth-order valence-corrected chi connectivity index (χ4v) is 6.73. The van der Waals surface area contributed by atoms with Crippen molar-refractivity contribution in [1.82, 2.24) is 4.90 Å². The van der Waals surface area contributed by atoms with Gasteiger partial charge in [0.1, 0.15) is 4.91 Å². The van der Waals surface area contributed by atoms with Gasteiger partial charge in [0.2, 0.25) is 0 Å². The topological polar surface area (TPSA) is 71.7 Å². The minimum absolute atomic E-state index is 0.0250. The average Bonchev–Trinajstić information content (AvgIpc) is 3.23. The minimum Gasteiger partial charge on any atom is -0.384 e. The lowest BCUT2D eigenvalue weighted by molar-refractivity contribution is -0.122. The summed E-state index contributed by atoms with van der Waals surface area (Å²) in [5.74, 6) is 0.691. The third-order valence-electron chi connectivity index (χ3n) is 6.30. The molecule has 3 aromatic rings. The highest BCUT2D eigenvalue weighted by molar-refractivity contribution is 8.18. The van der Waals surface area contributed by atoms with Gasteiger partial charge in [0.15, 0.2) is 5.17 Å². The molecule has 186 valence electrons. The number of carbonyl (C=O) groups excluding carboxylic acids is 1. The van der Waals surface area contributed by atoms with Crippen molar-refractivity contribution in [3.05, 3.63) is 94.5 Å². The number of para-hydroxylation sites is 1. The predicted molar refractivity (Wildman–Crippen MR) is 154 cm³/mol. The van der Waals surface area contributed by atoms with Gasteiger partial charge in [-0.3, -0.25) is 9.69 Å². The molecule has 0 aromatic heterocycles. The summed E-state index contributed by atoms with van der Waals surface area (Å²) in [6.45, 7) is 3.27. The first kappa shape index (κ1) is 25.0. The smallest absolute Gasteiger partial charge is 0.268 e. The van der Waals surface area contributed by atoms with Crippen molar-refractivity contribution in [3.63, 3.8) is 0 Å². The number of fused-ring (bicyclic) bond motifs is 1. The normalized spacial score (nSPS) is 18.2. The summed E-state index contributed by atoms with van der Waals surface area (Å²) < 4.78 is 0. The summed E-state index contributed by atoms with van der Waals surface area (Å²) in [5, 5.41) is 13.4. The van der Waals surface area contributed by atoms with Crippen LogP contribution in [0.2, 0.25) is 0 Å². The van der Waals surface area contributed by atoms with Crippen molar-refractivity contribution in [2.24, 2.45) is 4.99 Å². The Labute approximate surface area is 226 Å². The Morgan fingerprint density at radius 3 is 2.65 bits per heavy atom. The largest absolute Gasteiger partial charge is 0.384 e. The molecule has 0 aliphatic carbocycles. The van der Waals surface area contributed by atoms with Gasteiger partial charge in [0.25, 0.3) is 5.91 Å². The highest BCUT2D eigenvalue weighted by Crippen LogP contribution is 2.44. The molecule has 37 heavy (non-hydrogen) atoms. The number of hydrogen-bond acceptors (Lipinski definition) is 7. The molecule has 1 amide bonds. The third kappa shape index (κ3) is 5.24. The molecular weight excluding hydrogens is 498 g/mol. The van der Waals surface area contributed by atoms with Crippen molar-refractivity contribution in [2.45, 2.75) is 18.2 Å². The highest BCUT2D eigenvalue weighted by Gasteiger charge is 2.37. The molecule has 0 radical (unpaired) electrons. The maximum absolute atomic E-state index is 13.9. The molecule has 8 heteroatoms. The molecule has 0 bridgehead atoms. The van der Waals surface area contributed by atoms with Gasteiger partial charge in [-0.15, -0.1) is 11.8 Å². The zero-order valence-electron chi connectivity index (χ0n) is 20.8. The summed E-state index contributed by atoms with van der Waals surface area (Å²) in [4.78, 5) is 24.7. The average molecular weight is 526 g/mol. The highest BCUT2D eigenvalue weighted by atomic mass is 32.2. The molecular formula is C29H27N5OS2. The molecule has 0 atom stereocenters. The zero-order valence-corrected chi connectivity index (χ0v) is 22.4. The lowest BCUT2D eigenvalue weighted by Gasteiger charge is -2.30. The van der Waals surface area contributed by atoms with E-state index in [1.165, 1.54) is 22.2 Å². The Morgan fingerprint density at radius 2 is 1.86 bits per heavy atom. The van der Waals surface area contributed by atoms with E-state index in [2.05, 4.69) is 40.6 Å². The predicted octanol–water partition coefficient (Wildman–Crippen LogP) is 6.25. The Hall–Kier alpha value is -3.67. The van der Waals surface area contributed by atoms with Gasteiger partial charge in [-0.05, 0) is 61.0 Å². The van der Waals surface area contributed by atoms with Crippen LogP contribution in [0.25, 0.3) is 0 Å². The first-order valence-electron chi connectivity index (χ1n) is 12.2. The summed E-state index contributed by atoms with van der Waals surface area (Å²) in [5.41, 5.74) is 5.29. The van der Waals surface area contributed by atoms with Crippen LogP contribution >= 0.6 is 23.5 Å². The van der Waals surface area contributed by atoms with Crippen LogP contribution in [0.1, 0.15) is 18.1 Å². The third-order valence-corrected chi connectivity index (χ3v) is 8.48. The number of nitrogens with one attached hydrogen (secondary N) is 1. The van der Waals surface area contributed by atoms with E-state index in [1.54, 1.807) is 28.8 Å². The van der Waals surface area contributed by atoms with Crippen LogP contribution in [0, 0.1) is 11.3 Å². The summed E-state index contributed by atoms with van der Waals surface area (Å²) in [7, 11) is 2.03. The van der Waals surface area contributed by atoms with E-state index in [-0.39, 0.29) is 5.91 Å². The first-order valence-corrected chi connectivity index (χ1v) is 14.0. The van der Waals surface area contributed by atoms with Crippen LogP contribution in [0.3, 0.4) is 0 Å². The van der Waals surface area contributed by atoms with Crippen LogP contribution in [0.4, 0.5) is 17.1 Å². The number of thioether (sulfide) groups is 2. The van der Waals surface area contributed by atoms with E-state index in [1.807, 2.05) is 50.4 Å². The Balaban J connectivity index is 1.55. The SMILES string of the molecule is CCNc1ccc(C#N)cc1N=C1S/C(=C2\CSc3ccccc3N2C)C(=O)N1CCc1ccccc1. The number of hydrogen-bond donors (Lipinski definition) is 1. The summed E-state index contributed by atoms with van der Waals surface area (Å²) >= 11 is 3.17. The molecule has 5 rings (SSSR count). The molecule has 6 nitrogen and oxygen atoms in total. The Morgan fingerprint density at radius 1 is 1.08 bits per heavy atom. The Bertz CT molecular complexity index is 1430. The van der Waals surface area contributed by atoms with E-state index in [0.717, 1.165) is 30.0 Å². The molecule has 1 saturated heterocycles. The molecule has 2 aliphatic rings. The molecule has 0 saturated carbocycles. The Kier molecular flexibility index (Phi) is 7.54. The molecule has 3 aromatic carbocycles. The van der Waals surface area contributed by atoms with Crippen LogP contribution in [0.5, 0.6) is 0 Å².